The Morgan fingerprint density at radius 2 is 1.90 bits per heavy atom. The lowest BCUT2D eigenvalue weighted by Crippen LogP contribution is -2.36. The van der Waals surface area contributed by atoms with E-state index in [1.54, 1.807) is 0 Å². The van der Waals surface area contributed by atoms with E-state index in [2.05, 4.69) is 25.7 Å². The van der Waals surface area contributed by atoms with Crippen molar-refractivity contribution in [1.29, 1.82) is 0 Å². The van der Waals surface area contributed by atoms with Gasteiger partial charge in [-0.05, 0) is 35.7 Å². The molecule has 2 fully saturated rings. The van der Waals surface area contributed by atoms with Crippen LogP contribution in [-0.4, -0.2) is 29.1 Å². The topological polar surface area (TPSA) is 23.5 Å². The molecule has 20 heavy (non-hydrogen) atoms. The van der Waals surface area contributed by atoms with Gasteiger partial charge in [-0.1, -0.05) is 51.1 Å². The zero-order valence-electron chi connectivity index (χ0n) is 13.0. The second-order valence-corrected chi connectivity index (χ2v) is 8.07. The van der Waals surface area contributed by atoms with Crippen LogP contribution in [0, 0.1) is 10.8 Å². The fourth-order valence-electron chi connectivity index (χ4n) is 4.79. The highest BCUT2D eigenvalue weighted by Crippen LogP contribution is 2.52. The highest BCUT2D eigenvalue weighted by molar-refractivity contribution is 5.18. The largest absolute Gasteiger partial charge is 0.387 e. The molecule has 2 nitrogen and oxygen atoms in total. The highest BCUT2D eigenvalue weighted by Gasteiger charge is 2.49. The Labute approximate surface area is 122 Å². The number of benzene rings is 1. The van der Waals surface area contributed by atoms with E-state index in [1.165, 1.54) is 19.3 Å². The standard InChI is InChI=1S/C18H27NO/c1-17(2)9-15-10-18(3,12-17)13-19(15)11-16(20)14-7-5-4-6-8-14/h4-8,15-16,20H,9-13H2,1-3H3/t15-,16-,18-/m0/s1. The number of nitrogens with zero attached hydrogens (tertiary/aromatic N) is 1. The van der Waals surface area contributed by atoms with Gasteiger partial charge >= 0.3 is 0 Å². The number of fused-ring (bicyclic) bond motifs is 2. The molecule has 0 unspecified atom stereocenters. The summed E-state index contributed by atoms with van der Waals surface area (Å²) < 4.78 is 0. The van der Waals surface area contributed by atoms with Crippen molar-refractivity contribution in [2.24, 2.45) is 10.8 Å². The first kappa shape index (κ1) is 14.1. The third-order valence-corrected chi connectivity index (χ3v) is 5.11. The molecule has 0 radical (unpaired) electrons. The Morgan fingerprint density at radius 1 is 1.20 bits per heavy atom. The summed E-state index contributed by atoms with van der Waals surface area (Å²) in [5.41, 5.74) is 1.94. The van der Waals surface area contributed by atoms with Crippen LogP contribution < -0.4 is 0 Å². The number of aliphatic hydroxyl groups is 1. The molecular weight excluding hydrogens is 246 g/mol. The molecule has 1 saturated heterocycles. The fraction of sp³-hybridized carbons (Fsp3) is 0.667. The van der Waals surface area contributed by atoms with Crippen molar-refractivity contribution < 1.29 is 5.11 Å². The number of likely N-dealkylation sites (tertiary alicyclic amines) is 1. The van der Waals surface area contributed by atoms with Crippen LogP contribution in [0.1, 0.15) is 51.7 Å². The van der Waals surface area contributed by atoms with E-state index in [4.69, 9.17) is 0 Å². The summed E-state index contributed by atoms with van der Waals surface area (Å²) in [5, 5.41) is 10.5. The molecule has 1 aliphatic carbocycles. The molecule has 1 N–H and O–H groups in total. The molecule has 1 aromatic rings. The number of aliphatic hydroxyl groups excluding tert-OH is 1. The maximum absolute atomic E-state index is 10.5. The molecule has 1 saturated carbocycles. The van der Waals surface area contributed by atoms with Gasteiger partial charge in [0.15, 0.2) is 0 Å². The smallest absolute Gasteiger partial charge is 0.0917 e. The second-order valence-electron chi connectivity index (χ2n) is 8.07. The summed E-state index contributed by atoms with van der Waals surface area (Å²) in [7, 11) is 0. The lowest BCUT2D eigenvalue weighted by Gasteiger charge is -2.40. The quantitative estimate of drug-likeness (QED) is 0.909. The first-order chi connectivity index (χ1) is 9.37. The molecule has 1 heterocycles. The monoisotopic (exact) mass is 273 g/mol. The van der Waals surface area contributed by atoms with Crippen LogP contribution in [0.4, 0.5) is 0 Å². The molecular formula is C18H27NO. The SMILES string of the molecule is CC1(C)C[C@H]2C[C@](C)(CN2C[C@H](O)c2ccccc2)C1. The molecule has 0 aromatic heterocycles. The summed E-state index contributed by atoms with van der Waals surface area (Å²) >= 11 is 0. The number of hydrogen-bond donors (Lipinski definition) is 1. The molecule has 3 atom stereocenters. The van der Waals surface area contributed by atoms with Gasteiger partial charge in [0.2, 0.25) is 0 Å². The van der Waals surface area contributed by atoms with Crippen LogP contribution in [0.2, 0.25) is 0 Å². The number of β-amino-alcohol motifs (C(OH)–C–C–N with tert-alkyl or cyclic N) is 1. The van der Waals surface area contributed by atoms with Gasteiger partial charge in [0.1, 0.15) is 0 Å². The molecule has 3 rings (SSSR count). The summed E-state index contributed by atoms with van der Waals surface area (Å²) in [6, 6.07) is 10.7. The van der Waals surface area contributed by atoms with Crippen molar-refractivity contribution in [3.63, 3.8) is 0 Å². The average Bonchev–Trinajstić information content (AvgIpc) is 2.59. The van der Waals surface area contributed by atoms with E-state index >= 15 is 0 Å². The third kappa shape index (κ3) is 2.77. The van der Waals surface area contributed by atoms with Crippen LogP contribution in [0.15, 0.2) is 30.3 Å². The van der Waals surface area contributed by atoms with Crippen molar-refractivity contribution >= 4 is 0 Å². The first-order valence-electron chi connectivity index (χ1n) is 7.84. The molecule has 2 aliphatic rings. The second kappa shape index (κ2) is 4.85. The van der Waals surface area contributed by atoms with Gasteiger partial charge in [-0.15, -0.1) is 0 Å². The first-order valence-corrected chi connectivity index (χ1v) is 7.84. The summed E-state index contributed by atoms with van der Waals surface area (Å²) in [5.74, 6) is 0. The summed E-state index contributed by atoms with van der Waals surface area (Å²) in [6.07, 6.45) is 3.53. The van der Waals surface area contributed by atoms with Crippen LogP contribution in [0.25, 0.3) is 0 Å². The lowest BCUT2D eigenvalue weighted by atomic mass is 9.65. The minimum atomic E-state index is -0.359. The van der Waals surface area contributed by atoms with Crippen molar-refractivity contribution in [2.45, 2.75) is 52.2 Å². The van der Waals surface area contributed by atoms with E-state index in [-0.39, 0.29) is 6.10 Å². The van der Waals surface area contributed by atoms with Crippen LogP contribution in [0.3, 0.4) is 0 Å². The van der Waals surface area contributed by atoms with E-state index in [1.807, 2.05) is 30.3 Å². The Morgan fingerprint density at radius 3 is 2.60 bits per heavy atom. The predicted octanol–water partition coefficient (Wildman–Crippen LogP) is 3.62. The van der Waals surface area contributed by atoms with Gasteiger partial charge in [0.25, 0.3) is 0 Å². The van der Waals surface area contributed by atoms with Crippen molar-refractivity contribution in [2.75, 3.05) is 13.1 Å². The van der Waals surface area contributed by atoms with Gasteiger partial charge in [-0.25, -0.2) is 0 Å². The van der Waals surface area contributed by atoms with E-state index in [0.29, 0.717) is 16.9 Å². The minimum absolute atomic E-state index is 0.359. The summed E-state index contributed by atoms with van der Waals surface area (Å²) in [6.45, 7) is 9.14. The van der Waals surface area contributed by atoms with Crippen molar-refractivity contribution in [3.8, 4) is 0 Å². The van der Waals surface area contributed by atoms with E-state index < -0.39 is 0 Å². The van der Waals surface area contributed by atoms with Crippen LogP contribution in [0.5, 0.6) is 0 Å². The molecule has 2 bridgehead atoms. The maximum atomic E-state index is 10.5. The molecule has 1 aliphatic heterocycles. The molecule has 0 amide bonds. The van der Waals surface area contributed by atoms with Crippen LogP contribution in [-0.2, 0) is 0 Å². The normalized spacial score (nSPS) is 34.1. The van der Waals surface area contributed by atoms with E-state index in [0.717, 1.165) is 18.7 Å². The van der Waals surface area contributed by atoms with Gasteiger partial charge in [0, 0.05) is 19.1 Å². The Balaban J connectivity index is 1.70. The van der Waals surface area contributed by atoms with Gasteiger partial charge in [0.05, 0.1) is 6.10 Å². The third-order valence-electron chi connectivity index (χ3n) is 5.11. The van der Waals surface area contributed by atoms with Crippen LogP contribution >= 0.6 is 0 Å². The molecule has 1 aromatic carbocycles. The Kier molecular flexibility index (Phi) is 3.42. The van der Waals surface area contributed by atoms with Gasteiger partial charge < -0.3 is 5.11 Å². The fourth-order valence-corrected chi connectivity index (χ4v) is 4.79. The van der Waals surface area contributed by atoms with Crippen molar-refractivity contribution in [3.05, 3.63) is 35.9 Å². The zero-order chi connectivity index (χ0) is 14.4. The highest BCUT2D eigenvalue weighted by atomic mass is 16.3. The van der Waals surface area contributed by atoms with Gasteiger partial charge in [-0.3, -0.25) is 4.90 Å². The van der Waals surface area contributed by atoms with Gasteiger partial charge in [-0.2, -0.15) is 0 Å². The lowest BCUT2D eigenvalue weighted by molar-refractivity contribution is 0.0921. The molecule has 0 spiro atoms. The maximum Gasteiger partial charge on any atom is 0.0917 e. The summed E-state index contributed by atoms with van der Waals surface area (Å²) in [4.78, 5) is 2.53. The minimum Gasteiger partial charge on any atom is -0.387 e. The molecule has 2 heteroatoms. The average molecular weight is 273 g/mol. The number of rotatable bonds is 3. The molecule has 110 valence electrons. The Bertz CT molecular complexity index is 470. The predicted molar refractivity (Wildman–Crippen MR) is 82.5 cm³/mol. The van der Waals surface area contributed by atoms with Crippen molar-refractivity contribution in [1.82, 2.24) is 4.90 Å². The number of hydrogen-bond acceptors (Lipinski definition) is 2. The van der Waals surface area contributed by atoms with E-state index in [9.17, 15) is 5.11 Å². The Hall–Kier alpha value is -0.860. The zero-order valence-corrected chi connectivity index (χ0v) is 13.0.